The maximum atomic E-state index is 12.6. The van der Waals surface area contributed by atoms with Gasteiger partial charge in [0.1, 0.15) is 11.9 Å². The standard InChI is InChI=1S/C14H13F3N4/c1-10-19-4-6-21(10)7-5-20-13-3-2-12(14(15,16)17)8-11(13)9-18/h2-4,6,8,20H,5,7H2,1H3. The van der Waals surface area contributed by atoms with Gasteiger partial charge in [-0.1, -0.05) is 0 Å². The molecule has 0 radical (unpaired) electrons. The van der Waals surface area contributed by atoms with Crippen molar-refractivity contribution in [1.82, 2.24) is 9.55 Å². The fourth-order valence-electron chi connectivity index (χ4n) is 1.92. The maximum Gasteiger partial charge on any atom is 0.416 e. The van der Waals surface area contributed by atoms with E-state index in [-0.39, 0.29) is 5.56 Å². The minimum Gasteiger partial charge on any atom is -0.382 e. The van der Waals surface area contributed by atoms with Crippen molar-refractivity contribution in [2.75, 3.05) is 11.9 Å². The molecule has 0 aliphatic heterocycles. The third kappa shape index (κ3) is 3.54. The zero-order valence-corrected chi connectivity index (χ0v) is 11.3. The molecule has 0 unspecified atom stereocenters. The summed E-state index contributed by atoms with van der Waals surface area (Å²) in [6, 6.07) is 4.88. The number of hydrogen-bond acceptors (Lipinski definition) is 3. The normalized spacial score (nSPS) is 11.2. The first kappa shape index (κ1) is 14.9. The van der Waals surface area contributed by atoms with Crippen LogP contribution in [0.5, 0.6) is 0 Å². The van der Waals surface area contributed by atoms with Crippen molar-refractivity contribution in [3.05, 3.63) is 47.5 Å². The largest absolute Gasteiger partial charge is 0.416 e. The minimum absolute atomic E-state index is 0.0211. The zero-order chi connectivity index (χ0) is 15.5. The Morgan fingerprint density at radius 1 is 1.38 bits per heavy atom. The Kier molecular flexibility index (Phi) is 4.17. The van der Waals surface area contributed by atoms with Crippen molar-refractivity contribution in [2.45, 2.75) is 19.6 Å². The van der Waals surface area contributed by atoms with Crippen molar-refractivity contribution in [3.63, 3.8) is 0 Å². The third-order valence-electron chi connectivity index (χ3n) is 3.06. The number of aryl methyl sites for hydroxylation is 1. The molecule has 2 aromatic rings. The molecule has 0 fully saturated rings. The number of alkyl halides is 3. The highest BCUT2D eigenvalue weighted by Gasteiger charge is 2.31. The second kappa shape index (κ2) is 5.87. The number of hydrogen-bond donors (Lipinski definition) is 1. The van der Waals surface area contributed by atoms with Gasteiger partial charge in [0.15, 0.2) is 0 Å². The second-order valence-corrected chi connectivity index (χ2v) is 4.46. The van der Waals surface area contributed by atoms with E-state index in [1.54, 1.807) is 12.3 Å². The first-order chi connectivity index (χ1) is 9.91. The average Bonchev–Trinajstić information content (AvgIpc) is 2.83. The van der Waals surface area contributed by atoms with Crippen molar-refractivity contribution < 1.29 is 13.2 Å². The van der Waals surface area contributed by atoms with Crippen molar-refractivity contribution in [3.8, 4) is 6.07 Å². The van der Waals surface area contributed by atoms with Gasteiger partial charge in [0.2, 0.25) is 0 Å². The maximum absolute atomic E-state index is 12.6. The molecule has 2 rings (SSSR count). The molecule has 0 aliphatic rings. The molecule has 1 N–H and O–H groups in total. The summed E-state index contributed by atoms with van der Waals surface area (Å²) in [5.74, 6) is 0.852. The molecule has 0 aliphatic carbocycles. The summed E-state index contributed by atoms with van der Waals surface area (Å²) in [5, 5.41) is 11.9. The van der Waals surface area contributed by atoms with Crippen LogP contribution >= 0.6 is 0 Å². The molecule has 1 aromatic carbocycles. The van der Waals surface area contributed by atoms with Crippen LogP contribution in [-0.4, -0.2) is 16.1 Å². The summed E-state index contributed by atoms with van der Waals surface area (Å²) in [7, 11) is 0. The van der Waals surface area contributed by atoms with E-state index in [9.17, 15) is 13.2 Å². The number of rotatable bonds is 4. The van der Waals surface area contributed by atoms with Gasteiger partial charge in [0, 0.05) is 25.5 Å². The molecule has 110 valence electrons. The average molecular weight is 294 g/mol. The quantitative estimate of drug-likeness (QED) is 0.942. The number of benzene rings is 1. The Morgan fingerprint density at radius 2 is 2.14 bits per heavy atom. The van der Waals surface area contributed by atoms with Crippen LogP contribution in [0.15, 0.2) is 30.6 Å². The Hall–Kier alpha value is -2.49. The van der Waals surface area contributed by atoms with Gasteiger partial charge in [0.05, 0.1) is 16.8 Å². The van der Waals surface area contributed by atoms with E-state index in [1.165, 1.54) is 6.07 Å². The molecular weight excluding hydrogens is 281 g/mol. The summed E-state index contributed by atoms with van der Waals surface area (Å²) < 4.78 is 39.6. The number of nitrogens with one attached hydrogen (secondary N) is 1. The van der Waals surface area contributed by atoms with Crippen LogP contribution < -0.4 is 5.32 Å². The van der Waals surface area contributed by atoms with E-state index in [0.717, 1.165) is 18.0 Å². The van der Waals surface area contributed by atoms with Gasteiger partial charge in [-0.25, -0.2) is 4.98 Å². The SMILES string of the molecule is Cc1nccn1CCNc1ccc(C(F)(F)F)cc1C#N. The zero-order valence-electron chi connectivity index (χ0n) is 11.3. The highest BCUT2D eigenvalue weighted by molar-refractivity contribution is 5.58. The van der Waals surface area contributed by atoms with E-state index >= 15 is 0 Å². The topological polar surface area (TPSA) is 53.6 Å². The highest BCUT2D eigenvalue weighted by atomic mass is 19.4. The van der Waals surface area contributed by atoms with Crippen LogP contribution in [0.25, 0.3) is 0 Å². The summed E-state index contributed by atoms with van der Waals surface area (Å²) >= 11 is 0. The van der Waals surface area contributed by atoms with Crippen molar-refractivity contribution in [2.24, 2.45) is 0 Å². The number of nitrogens with zero attached hydrogens (tertiary/aromatic N) is 3. The molecule has 0 spiro atoms. The van der Waals surface area contributed by atoms with Crippen LogP contribution in [0.3, 0.4) is 0 Å². The summed E-state index contributed by atoms with van der Waals surface area (Å²) in [6.07, 6.45) is -0.957. The fourth-order valence-corrected chi connectivity index (χ4v) is 1.92. The molecule has 0 saturated heterocycles. The van der Waals surface area contributed by atoms with Gasteiger partial charge in [-0.05, 0) is 25.1 Å². The molecule has 0 atom stereocenters. The summed E-state index contributed by atoms with van der Waals surface area (Å²) in [6.45, 7) is 2.95. The molecule has 0 amide bonds. The van der Waals surface area contributed by atoms with Crippen LogP contribution in [0.4, 0.5) is 18.9 Å². The lowest BCUT2D eigenvalue weighted by Crippen LogP contribution is -2.12. The molecule has 1 aromatic heterocycles. The lowest BCUT2D eigenvalue weighted by atomic mass is 10.1. The highest BCUT2D eigenvalue weighted by Crippen LogP contribution is 2.31. The third-order valence-corrected chi connectivity index (χ3v) is 3.06. The Bertz CT molecular complexity index is 668. The fraction of sp³-hybridized carbons (Fsp3) is 0.286. The summed E-state index contributed by atoms with van der Waals surface area (Å²) in [4.78, 5) is 4.07. The summed E-state index contributed by atoms with van der Waals surface area (Å²) in [5.41, 5.74) is -0.453. The molecule has 4 nitrogen and oxygen atoms in total. The van der Waals surface area contributed by atoms with Gasteiger partial charge in [-0.15, -0.1) is 0 Å². The molecule has 21 heavy (non-hydrogen) atoms. The predicted molar refractivity (Wildman–Crippen MR) is 71.6 cm³/mol. The van der Waals surface area contributed by atoms with E-state index in [0.29, 0.717) is 18.8 Å². The van der Waals surface area contributed by atoms with E-state index in [4.69, 9.17) is 5.26 Å². The van der Waals surface area contributed by atoms with Crippen molar-refractivity contribution >= 4 is 5.69 Å². The molecule has 1 heterocycles. The van der Waals surface area contributed by atoms with E-state index < -0.39 is 11.7 Å². The second-order valence-electron chi connectivity index (χ2n) is 4.46. The first-order valence-corrected chi connectivity index (χ1v) is 6.25. The smallest absolute Gasteiger partial charge is 0.382 e. The molecule has 0 bridgehead atoms. The number of aromatic nitrogens is 2. The Labute approximate surface area is 119 Å². The van der Waals surface area contributed by atoms with Crippen LogP contribution in [0, 0.1) is 18.3 Å². The lowest BCUT2D eigenvalue weighted by molar-refractivity contribution is -0.137. The van der Waals surface area contributed by atoms with Gasteiger partial charge in [-0.2, -0.15) is 18.4 Å². The minimum atomic E-state index is -4.45. The molecule has 0 saturated carbocycles. The Balaban J connectivity index is 2.07. The number of anilines is 1. The number of imidazole rings is 1. The van der Waals surface area contributed by atoms with Crippen molar-refractivity contribution in [1.29, 1.82) is 5.26 Å². The molecular formula is C14H13F3N4. The Morgan fingerprint density at radius 3 is 2.71 bits per heavy atom. The van der Waals surface area contributed by atoms with Gasteiger partial charge in [-0.3, -0.25) is 0 Å². The monoisotopic (exact) mass is 294 g/mol. The predicted octanol–water partition coefficient (Wildman–Crippen LogP) is 3.19. The lowest BCUT2D eigenvalue weighted by Gasteiger charge is -2.12. The number of halogens is 3. The first-order valence-electron chi connectivity index (χ1n) is 6.25. The van der Waals surface area contributed by atoms with E-state index in [1.807, 2.05) is 17.7 Å². The van der Waals surface area contributed by atoms with E-state index in [2.05, 4.69) is 10.3 Å². The number of nitriles is 1. The molecule has 7 heteroatoms. The van der Waals surface area contributed by atoms with Crippen LogP contribution in [-0.2, 0) is 12.7 Å². The van der Waals surface area contributed by atoms with Crippen LogP contribution in [0.1, 0.15) is 17.0 Å². The van der Waals surface area contributed by atoms with Gasteiger partial charge in [0.25, 0.3) is 0 Å². The van der Waals surface area contributed by atoms with Gasteiger partial charge < -0.3 is 9.88 Å². The van der Waals surface area contributed by atoms with Gasteiger partial charge >= 0.3 is 6.18 Å². The van der Waals surface area contributed by atoms with Crippen LogP contribution in [0.2, 0.25) is 0 Å².